The summed E-state index contributed by atoms with van der Waals surface area (Å²) in [5, 5.41) is 76.4. The van der Waals surface area contributed by atoms with Crippen LogP contribution in [0.25, 0.3) is 0 Å². The fourth-order valence-electron chi connectivity index (χ4n) is 11.4. The van der Waals surface area contributed by atoms with Gasteiger partial charge in [0.05, 0.1) is 25.4 Å². The molecule has 0 aliphatic carbocycles. The second-order valence-corrected chi connectivity index (χ2v) is 25.3. The minimum absolute atomic E-state index is 0.240. The number of hydrogen-bond donors (Lipinski definition) is 8. The molecule has 498 valence electrons. The Balaban J connectivity index is 2.19. The fourth-order valence-corrected chi connectivity index (χ4v) is 11.4. The zero-order chi connectivity index (χ0) is 61.7. The highest BCUT2D eigenvalue weighted by Crippen LogP contribution is 2.24. The van der Waals surface area contributed by atoms with E-state index in [-0.39, 0.29) is 12.8 Å². The second-order valence-electron chi connectivity index (χ2n) is 25.3. The SMILES string of the molecule is CCCCCCCCCCC/C=C/CC/C=C/CC/C=C/CCCC(O)C(O)C(COC1OC(CO)C(O)C(O)C1O)NC(=O)C(O)CCCCCCCCCCCCCCCCCC/C=C\C/C=C\CCCCCCCCCCCCCCC. The average Bonchev–Trinajstić information content (AvgIpc) is 3.51. The van der Waals surface area contributed by atoms with Crippen LogP contribution >= 0.6 is 0 Å². The van der Waals surface area contributed by atoms with Crippen LogP contribution in [0, 0.1) is 0 Å². The number of carbonyl (C=O) groups excluding carboxylic acids is 1. The molecule has 0 spiro atoms. The van der Waals surface area contributed by atoms with Gasteiger partial charge in [-0.3, -0.25) is 4.79 Å². The van der Waals surface area contributed by atoms with E-state index in [0.29, 0.717) is 19.3 Å². The summed E-state index contributed by atoms with van der Waals surface area (Å²) in [6.07, 6.45) is 71.7. The normalized spacial score (nSPS) is 19.2. The number of unbranched alkanes of at least 4 members (excludes halogenated alkanes) is 41. The average molecular weight is 1200 g/mol. The number of amides is 1. The van der Waals surface area contributed by atoms with Crippen molar-refractivity contribution >= 4 is 5.91 Å². The molecule has 1 rings (SSSR count). The van der Waals surface area contributed by atoms with Gasteiger partial charge >= 0.3 is 0 Å². The molecule has 1 fully saturated rings. The van der Waals surface area contributed by atoms with Crippen LogP contribution in [0.4, 0.5) is 0 Å². The van der Waals surface area contributed by atoms with Crippen LogP contribution in [0.3, 0.4) is 0 Å². The van der Waals surface area contributed by atoms with Crippen molar-refractivity contribution in [3.05, 3.63) is 60.8 Å². The van der Waals surface area contributed by atoms with E-state index >= 15 is 0 Å². The molecule has 11 heteroatoms. The number of rotatable bonds is 63. The molecule has 8 N–H and O–H groups in total. The smallest absolute Gasteiger partial charge is 0.249 e. The number of carbonyl (C=O) groups is 1. The minimum Gasteiger partial charge on any atom is -0.394 e. The Bertz CT molecular complexity index is 1570. The van der Waals surface area contributed by atoms with Gasteiger partial charge in [-0.25, -0.2) is 0 Å². The van der Waals surface area contributed by atoms with Crippen molar-refractivity contribution < 1.29 is 50.0 Å². The van der Waals surface area contributed by atoms with E-state index in [0.717, 1.165) is 51.4 Å². The Morgan fingerprint density at radius 3 is 1.12 bits per heavy atom. The molecule has 9 unspecified atom stereocenters. The maximum atomic E-state index is 13.2. The van der Waals surface area contributed by atoms with Gasteiger partial charge in [-0.1, -0.05) is 299 Å². The zero-order valence-corrected chi connectivity index (χ0v) is 55.1. The van der Waals surface area contributed by atoms with E-state index in [2.05, 4.69) is 79.9 Å². The number of hydrogen-bond acceptors (Lipinski definition) is 10. The molecule has 1 heterocycles. The summed E-state index contributed by atoms with van der Waals surface area (Å²) >= 11 is 0. The lowest BCUT2D eigenvalue weighted by Crippen LogP contribution is -2.60. The fraction of sp³-hybridized carbons (Fsp3) is 0.851. The molecule has 85 heavy (non-hydrogen) atoms. The molecule has 1 saturated heterocycles. The van der Waals surface area contributed by atoms with Crippen LogP contribution < -0.4 is 5.32 Å². The summed E-state index contributed by atoms with van der Waals surface area (Å²) in [5.41, 5.74) is 0. The molecule has 0 radical (unpaired) electrons. The molecular formula is C74H137NO10. The molecule has 0 aromatic carbocycles. The number of aliphatic hydroxyl groups excluding tert-OH is 7. The summed E-state index contributed by atoms with van der Waals surface area (Å²) in [7, 11) is 0. The number of ether oxygens (including phenoxy) is 2. The summed E-state index contributed by atoms with van der Waals surface area (Å²) < 4.78 is 11.2. The van der Waals surface area contributed by atoms with Crippen LogP contribution in [0.5, 0.6) is 0 Å². The van der Waals surface area contributed by atoms with Crippen molar-refractivity contribution in [3.8, 4) is 0 Å². The first-order valence-corrected chi connectivity index (χ1v) is 36.2. The molecule has 0 aromatic heterocycles. The maximum Gasteiger partial charge on any atom is 0.249 e. The van der Waals surface area contributed by atoms with Gasteiger partial charge in [-0.05, 0) is 96.3 Å². The van der Waals surface area contributed by atoms with Gasteiger partial charge in [0, 0.05) is 0 Å². The van der Waals surface area contributed by atoms with Gasteiger partial charge in [0.2, 0.25) is 5.91 Å². The van der Waals surface area contributed by atoms with Crippen LogP contribution in [-0.4, -0.2) is 110 Å². The summed E-state index contributed by atoms with van der Waals surface area (Å²) in [4.78, 5) is 13.2. The van der Waals surface area contributed by atoms with E-state index in [1.54, 1.807) is 0 Å². The van der Waals surface area contributed by atoms with Crippen molar-refractivity contribution in [2.45, 2.75) is 390 Å². The summed E-state index contributed by atoms with van der Waals surface area (Å²) in [6.45, 7) is 3.47. The first kappa shape index (κ1) is 80.8. The lowest BCUT2D eigenvalue weighted by molar-refractivity contribution is -0.303. The van der Waals surface area contributed by atoms with Crippen molar-refractivity contribution in [1.82, 2.24) is 5.32 Å². The van der Waals surface area contributed by atoms with Crippen molar-refractivity contribution in [2.24, 2.45) is 0 Å². The topological polar surface area (TPSA) is 189 Å². The highest BCUT2D eigenvalue weighted by molar-refractivity contribution is 5.80. The van der Waals surface area contributed by atoms with Crippen LogP contribution in [0.1, 0.15) is 335 Å². The Morgan fingerprint density at radius 2 is 0.741 bits per heavy atom. The predicted octanol–water partition coefficient (Wildman–Crippen LogP) is 17.7. The first-order valence-electron chi connectivity index (χ1n) is 36.2. The third-order valence-corrected chi connectivity index (χ3v) is 17.2. The standard InChI is InChI=1S/C74H137NO10/c1-3-5-7-9-11-13-15-17-19-21-23-25-27-28-29-30-31-32-33-34-35-36-37-38-39-40-42-44-46-48-50-52-54-56-58-60-62-67(78)73(83)75-65(64-84-74-72(82)71(81)70(80)68(63-76)85-74)69(79)66(77)61-59-57-55-53-51-49-47-45-43-41-26-24-22-20-18-16-14-12-10-8-6-4-2/h24,26,29-30,32-33,45,47,53,55,65-72,74,76-82H,3-23,25,27-28,31,34-44,46,48-52,54,56-64H2,1-2H3,(H,75,83)/b26-24+,30-29-,33-32-,47-45+,55-53+. The molecule has 0 saturated carbocycles. The van der Waals surface area contributed by atoms with Gasteiger partial charge in [-0.15, -0.1) is 0 Å². The monoisotopic (exact) mass is 1200 g/mol. The van der Waals surface area contributed by atoms with E-state index in [1.807, 2.05) is 0 Å². The quantitative estimate of drug-likeness (QED) is 0.0215. The van der Waals surface area contributed by atoms with Gasteiger partial charge < -0.3 is 50.5 Å². The minimum atomic E-state index is -1.68. The van der Waals surface area contributed by atoms with Crippen molar-refractivity contribution in [3.63, 3.8) is 0 Å². The highest BCUT2D eigenvalue weighted by Gasteiger charge is 2.44. The number of nitrogens with one attached hydrogen (secondary N) is 1. The highest BCUT2D eigenvalue weighted by atomic mass is 16.7. The van der Waals surface area contributed by atoms with Crippen LogP contribution in [0.15, 0.2) is 60.8 Å². The van der Waals surface area contributed by atoms with Gasteiger partial charge in [-0.2, -0.15) is 0 Å². The van der Waals surface area contributed by atoms with Crippen molar-refractivity contribution in [1.29, 1.82) is 0 Å². The van der Waals surface area contributed by atoms with E-state index < -0.39 is 74.2 Å². The summed E-state index contributed by atoms with van der Waals surface area (Å²) in [6, 6.07) is -1.20. The van der Waals surface area contributed by atoms with E-state index in [1.165, 1.54) is 238 Å². The molecular weight excluding hydrogens is 1060 g/mol. The molecule has 9 atom stereocenters. The van der Waals surface area contributed by atoms with Gasteiger partial charge in [0.1, 0.15) is 36.6 Å². The molecule has 0 bridgehead atoms. The van der Waals surface area contributed by atoms with Gasteiger partial charge in [0.25, 0.3) is 0 Å². The lowest BCUT2D eigenvalue weighted by Gasteiger charge is -2.40. The Labute approximate surface area is 522 Å². The maximum absolute atomic E-state index is 13.2. The molecule has 11 nitrogen and oxygen atoms in total. The first-order chi connectivity index (χ1) is 41.7. The molecule has 1 amide bonds. The van der Waals surface area contributed by atoms with Gasteiger partial charge in [0.15, 0.2) is 6.29 Å². The second kappa shape index (κ2) is 62.0. The van der Waals surface area contributed by atoms with Crippen LogP contribution in [0.2, 0.25) is 0 Å². The van der Waals surface area contributed by atoms with Crippen LogP contribution in [-0.2, 0) is 14.3 Å². The lowest BCUT2D eigenvalue weighted by atomic mass is 9.98. The van der Waals surface area contributed by atoms with E-state index in [4.69, 9.17) is 9.47 Å². The Kier molecular flexibility index (Phi) is 59.0. The molecule has 0 aromatic rings. The van der Waals surface area contributed by atoms with E-state index in [9.17, 15) is 40.5 Å². The molecule has 1 aliphatic heterocycles. The largest absolute Gasteiger partial charge is 0.394 e. The zero-order valence-electron chi connectivity index (χ0n) is 55.1. The number of allylic oxidation sites excluding steroid dienone is 10. The Hall–Kier alpha value is -2.19. The third kappa shape index (κ3) is 49.3. The number of aliphatic hydroxyl groups is 7. The van der Waals surface area contributed by atoms with Crippen molar-refractivity contribution in [2.75, 3.05) is 13.2 Å². The predicted molar refractivity (Wildman–Crippen MR) is 358 cm³/mol. The molecule has 1 aliphatic rings. The summed E-state index contributed by atoms with van der Waals surface area (Å²) in [5.74, 6) is -0.710. The third-order valence-electron chi connectivity index (χ3n) is 17.2. The Morgan fingerprint density at radius 1 is 0.412 bits per heavy atom.